The molecular formula is C12H16N2O2S. The van der Waals surface area contributed by atoms with Crippen LogP contribution in [-0.2, 0) is 0 Å². The number of hydrogen-bond donors (Lipinski definition) is 1. The molecule has 5 heteroatoms. The van der Waals surface area contributed by atoms with Crippen molar-refractivity contribution in [2.75, 3.05) is 18.8 Å². The van der Waals surface area contributed by atoms with Crippen LogP contribution in [0.15, 0.2) is 29.2 Å². The molecule has 1 aromatic carbocycles. The molecule has 1 aromatic rings. The first-order valence-corrected chi connectivity index (χ1v) is 6.83. The molecule has 0 spiro atoms. The molecule has 1 aliphatic heterocycles. The topological polar surface area (TPSA) is 55.2 Å². The van der Waals surface area contributed by atoms with Crippen molar-refractivity contribution in [1.29, 1.82) is 0 Å². The summed E-state index contributed by atoms with van der Waals surface area (Å²) in [6.07, 6.45) is 2.35. The van der Waals surface area contributed by atoms with Crippen LogP contribution in [-0.4, -0.2) is 23.8 Å². The summed E-state index contributed by atoms with van der Waals surface area (Å²) in [7, 11) is 0. The first-order valence-electron chi connectivity index (χ1n) is 5.84. The molecule has 0 unspecified atom stereocenters. The van der Waals surface area contributed by atoms with Gasteiger partial charge >= 0.3 is 0 Å². The summed E-state index contributed by atoms with van der Waals surface area (Å²) in [5.41, 5.74) is 0.228. The molecule has 1 saturated heterocycles. The maximum atomic E-state index is 10.9. The summed E-state index contributed by atoms with van der Waals surface area (Å²) < 4.78 is 0. The van der Waals surface area contributed by atoms with Gasteiger partial charge in [0.15, 0.2) is 0 Å². The Labute approximate surface area is 105 Å². The molecule has 1 heterocycles. The van der Waals surface area contributed by atoms with E-state index < -0.39 is 0 Å². The summed E-state index contributed by atoms with van der Waals surface area (Å²) in [5.74, 6) is 1.66. The fourth-order valence-corrected chi connectivity index (χ4v) is 3.20. The molecule has 1 aliphatic rings. The molecule has 17 heavy (non-hydrogen) atoms. The molecule has 4 nitrogen and oxygen atoms in total. The average molecular weight is 252 g/mol. The molecule has 0 aromatic heterocycles. The Morgan fingerprint density at radius 2 is 2.06 bits per heavy atom. The Morgan fingerprint density at radius 3 is 2.76 bits per heavy atom. The van der Waals surface area contributed by atoms with Gasteiger partial charge in [-0.05, 0) is 37.9 Å². The Balaban J connectivity index is 1.96. The number of nitrogens with one attached hydrogen (secondary N) is 1. The van der Waals surface area contributed by atoms with Gasteiger partial charge in [-0.1, -0.05) is 12.1 Å². The number of para-hydroxylation sites is 1. The van der Waals surface area contributed by atoms with E-state index in [0.29, 0.717) is 5.92 Å². The summed E-state index contributed by atoms with van der Waals surface area (Å²) in [4.78, 5) is 11.3. The first-order chi connectivity index (χ1) is 8.27. The number of thioether (sulfide) groups is 1. The smallest absolute Gasteiger partial charge is 0.282 e. The molecule has 0 atom stereocenters. The summed E-state index contributed by atoms with van der Waals surface area (Å²) >= 11 is 1.61. The van der Waals surface area contributed by atoms with Gasteiger partial charge in [-0.2, -0.15) is 0 Å². The highest BCUT2D eigenvalue weighted by molar-refractivity contribution is 7.99. The zero-order chi connectivity index (χ0) is 12.1. The van der Waals surface area contributed by atoms with Crippen molar-refractivity contribution in [2.24, 2.45) is 5.92 Å². The number of benzene rings is 1. The van der Waals surface area contributed by atoms with Gasteiger partial charge in [0, 0.05) is 11.8 Å². The molecule has 1 N–H and O–H groups in total. The van der Waals surface area contributed by atoms with Gasteiger partial charge < -0.3 is 5.32 Å². The second-order valence-corrected chi connectivity index (χ2v) is 5.29. The van der Waals surface area contributed by atoms with Gasteiger partial charge in [0.1, 0.15) is 0 Å². The Morgan fingerprint density at radius 1 is 1.35 bits per heavy atom. The summed E-state index contributed by atoms with van der Waals surface area (Å²) in [5, 5.41) is 14.2. The number of piperidine rings is 1. The van der Waals surface area contributed by atoms with Crippen LogP contribution in [0.4, 0.5) is 5.69 Å². The van der Waals surface area contributed by atoms with E-state index in [1.807, 2.05) is 12.1 Å². The van der Waals surface area contributed by atoms with Crippen LogP contribution in [0.3, 0.4) is 0 Å². The van der Waals surface area contributed by atoms with Crippen LogP contribution >= 0.6 is 11.8 Å². The van der Waals surface area contributed by atoms with Crippen LogP contribution in [0.2, 0.25) is 0 Å². The van der Waals surface area contributed by atoms with Crippen LogP contribution in [0, 0.1) is 16.0 Å². The molecule has 0 saturated carbocycles. The van der Waals surface area contributed by atoms with E-state index in [-0.39, 0.29) is 10.6 Å². The average Bonchev–Trinajstić information content (AvgIpc) is 2.38. The summed E-state index contributed by atoms with van der Waals surface area (Å²) in [6, 6.07) is 6.99. The highest BCUT2D eigenvalue weighted by Gasteiger charge is 2.17. The lowest BCUT2D eigenvalue weighted by Crippen LogP contribution is -2.28. The van der Waals surface area contributed by atoms with Crippen LogP contribution in [0.5, 0.6) is 0 Å². The van der Waals surface area contributed by atoms with E-state index >= 15 is 0 Å². The van der Waals surface area contributed by atoms with E-state index in [2.05, 4.69) is 5.32 Å². The number of nitro benzene ring substituents is 1. The van der Waals surface area contributed by atoms with E-state index in [4.69, 9.17) is 0 Å². The minimum absolute atomic E-state index is 0.228. The Hall–Kier alpha value is -1.07. The van der Waals surface area contributed by atoms with Crippen molar-refractivity contribution in [3.05, 3.63) is 34.4 Å². The maximum absolute atomic E-state index is 10.9. The third-order valence-corrected chi connectivity index (χ3v) is 4.29. The molecular weight excluding hydrogens is 236 g/mol. The molecule has 0 bridgehead atoms. The number of nitrogens with zero attached hydrogens (tertiary/aromatic N) is 1. The molecule has 0 amide bonds. The molecule has 92 valence electrons. The van der Waals surface area contributed by atoms with E-state index in [1.165, 1.54) is 12.8 Å². The highest BCUT2D eigenvalue weighted by atomic mass is 32.2. The maximum Gasteiger partial charge on any atom is 0.282 e. The van der Waals surface area contributed by atoms with Gasteiger partial charge in [-0.25, -0.2) is 0 Å². The van der Waals surface area contributed by atoms with E-state index in [0.717, 1.165) is 23.7 Å². The lowest BCUT2D eigenvalue weighted by molar-refractivity contribution is -0.387. The van der Waals surface area contributed by atoms with Gasteiger partial charge in [0.2, 0.25) is 0 Å². The van der Waals surface area contributed by atoms with E-state index in [9.17, 15) is 10.1 Å². The SMILES string of the molecule is O=[N+]([O-])c1ccccc1SCC1CCNCC1. The van der Waals surface area contributed by atoms with Crippen molar-refractivity contribution in [3.63, 3.8) is 0 Å². The molecule has 1 fully saturated rings. The number of hydrogen-bond acceptors (Lipinski definition) is 4. The minimum atomic E-state index is -0.301. The second-order valence-electron chi connectivity index (χ2n) is 4.23. The quantitative estimate of drug-likeness (QED) is 0.508. The number of nitro groups is 1. The van der Waals surface area contributed by atoms with Gasteiger partial charge in [-0.3, -0.25) is 10.1 Å². The summed E-state index contributed by atoms with van der Waals surface area (Å²) in [6.45, 7) is 2.14. The van der Waals surface area contributed by atoms with Crippen molar-refractivity contribution in [1.82, 2.24) is 5.32 Å². The van der Waals surface area contributed by atoms with Crippen LogP contribution < -0.4 is 5.32 Å². The van der Waals surface area contributed by atoms with Gasteiger partial charge in [0.25, 0.3) is 5.69 Å². The molecule has 0 aliphatic carbocycles. The molecule has 0 radical (unpaired) electrons. The first kappa shape index (κ1) is 12.4. The van der Waals surface area contributed by atoms with Gasteiger partial charge in [0.05, 0.1) is 9.82 Å². The second kappa shape index (κ2) is 6.02. The zero-order valence-electron chi connectivity index (χ0n) is 9.59. The fraction of sp³-hybridized carbons (Fsp3) is 0.500. The molecule has 2 rings (SSSR count). The standard InChI is InChI=1S/C12H16N2O2S/c15-14(16)11-3-1-2-4-12(11)17-9-10-5-7-13-8-6-10/h1-4,10,13H,5-9H2. The Kier molecular flexibility index (Phi) is 4.39. The Bertz CT molecular complexity index is 392. The largest absolute Gasteiger partial charge is 0.317 e. The lowest BCUT2D eigenvalue weighted by Gasteiger charge is -2.21. The third-order valence-electron chi connectivity index (χ3n) is 3.00. The fourth-order valence-electron chi connectivity index (χ4n) is 1.99. The van der Waals surface area contributed by atoms with Crippen molar-refractivity contribution in [2.45, 2.75) is 17.7 Å². The minimum Gasteiger partial charge on any atom is -0.317 e. The van der Waals surface area contributed by atoms with Gasteiger partial charge in [-0.15, -0.1) is 11.8 Å². The lowest BCUT2D eigenvalue weighted by atomic mass is 10.0. The van der Waals surface area contributed by atoms with E-state index in [1.54, 1.807) is 23.9 Å². The number of rotatable bonds is 4. The van der Waals surface area contributed by atoms with Crippen LogP contribution in [0.1, 0.15) is 12.8 Å². The zero-order valence-corrected chi connectivity index (χ0v) is 10.4. The van der Waals surface area contributed by atoms with Crippen molar-refractivity contribution in [3.8, 4) is 0 Å². The van der Waals surface area contributed by atoms with Crippen molar-refractivity contribution >= 4 is 17.4 Å². The highest BCUT2D eigenvalue weighted by Crippen LogP contribution is 2.31. The van der Waals surface area contributed by atoms with Crippen molar-refractivity contribution < 1.29 is 4.92 Å². The normalized spacial score (nSPS) is 16.9. The predicted molar refractivity (Wildman–Crippen MR) is 69.4 cm³/mol. The predicted octanol–water partition coefficient (Wildman–Crippen LogP) is 2.69. The van der Waals surface area contributed by atoms with Crippen LogP contribution in [0.25, 0.3) is 0 Å². The third kappa shape index (κ3) is 3.44. The monoisotopic (exact) mass is 252 g/mol.